The predicted octanol–water partition coefficient (Wildman–Crippen LogP) is 6.50. The quantitative estimate of drug-likeness (QED) is 0.377. The van der Waals surface area contributed by atoms with Gasteiger partial charge in [0.1, 0.15) is 5.75 Å². The summed E-state index contributed by atoms with van der Waals surface area (Å²) in [5.41, 5.74) is 2.66. The van der Waals surface area contributed by atoms with Gasteiger partial charge in [-0.1, -0.05) is 53.0 Å². The van der Waals surface area contributed by atoms with Crippen LogP contribution in [0.1, 0.15) is 65.0 Å². The summed E-state index contributed by atoms with van der Waals surface area (Å²) in [6.07, 6.45) is 8.13. The zero-order chi connectivity index (χ0) is 24.4. The fraction of sp³-hybridized carbons (Fsp3) is 0.556. The lowest BCUT2D eigenvalue weighted by Crippen LogP contribution is -2.39. The smallest absolute Gasteiger partial charge is 0.319 e. The maximum atomic E-state index is 13.1. The molecule has 1 aliphatic heterocycles. The monoisotopic (exact) mass is 484 g/mol. The number of ether oxygens (including phenoxy) is 1. The standard InChI is InChI=1S/C27H40N4O2S/c1-5-6-7-8-16-33-24-19-22(31-14-17-34-18-15-31)11-12-23(24)29-26(32)30-25(27(2,3)4)21-10-9-13-28-20-21/h9-13,19-20,25H,5-8,14-18H2,1-4H3,(H2,29,30,32). The molecule has 0 saturated carbocycles. The third-order valence-electron chi connectivity index (χ3n) is 6.00. The van der Waals surface area contributed by atoms with Gasteiger partial charge in [-0.15, -0.1) is 0 Å². The van der Waals surface area contributed by atoms with E-state index in [1.54, 1.807) is 6.20 Å². The average molecular weight is 485 g/mol. The SMILES string of the molecule is CCCCCCOc1cc(N2CCSCC2)ccc1NC(=O)NC(c1cccnc1)C(C)(C)C. The van der Waals surface area contributed by atoms with Crippen LogP contribution in [0.4, 0.5) is 16.2 Å². The van der Waals surface area contributed by atoms with Gasteiger partial charge in [0.15, 0.2) is 0 Å². The molecule has 7 heteroatoms. The molecule has 1 atom stereocenters. The molecular formula is C27H40N4O2S. The van der Waals surface area contributed by atoms with Gasteiger partial charge in [-0.05, 0) is 35.6 Å². The summed E-state index contributed by atoms with van der Waals surface area (Å²) in [5.74, 6) is 3.01. The molecule has 0 aliphatic carbocycles. The van der Waals surface area contributed by atoms with Crippen molar-refractivity contribution < 1.29 is 9.53 Å². The number of amides is 2. The van der Waals surface area contributed by atoms with E-state index in [1.165, 1.54) is 12.8 Å². The van der Waals surface area contributed by atoms with E-state index in [0.717, 1.165) is 54.4 Å². The molecule has 3 rings (SSSR count). The number of unbranched alkanes of at least 4 members (excludes halogenated alkanes) is 3. The molecule has 1 aliphatic rings. The summed E-state index contributed by atoms with van der Waals surface area (Å²) < 4.78 is 6.19. The number of hydrogen-bond acceptors (Lipinski definition) is 5. The summed E-state index contributed by atoms with van der Waals surface area (Å²) in [6.45, 7) is 11.3. The normalized spacial score (nSPS) is 15.0. The van der Waals surface area contributed by atoms with Gasteiger partial charge < -0.3 is 20.3 Å². The fourth-order valence-corrected chi connectivity index (χ4v) is 5.00. The number of hydrogen-bond donors (Lipinski definition) is 2. The van der Waals surface area contributed by atoms with Gasteiger partial charge in [-0.3, -0.25) is 4.98 Å². The molecule has 1 saturated heterocycles. The first-order valence-corrected chi connectivity index (χ1v) is 13.6. The number of nitrogens with zero attached hydrogens (tertiary/aromatic N) is 2. The van der Waals surface area contributed by atoms with Gasteiger partial charge in [0.25, 0.3) is 0 Å². The molecule has 2 aromatic rings. The minimum atomic E-state index is -0.248. The Balaban J connectivity index is 1.74. The van der Waals surface area contributed by atoms with E-state index in [1.807, 2.05) is 36.2 Å². The molecule has 2 heterocycles. The maximum Gasteiger partial charge on any atom is 0.319 e. The fourth-order valence-electron chi connectivity index (χ4n) is 4.10. The second-order valence-corrected chi connectivity index (χ2v) is 11.1. The Kier molecular flexibility index (Phi) is 9.93. The second-order valence-electron chi connectivity index (χ2n) is 9.87. The van der Waals surface area contributed by atoms with E-state index in [9.17, 15) is 4.79 Å². The highest BCUT2D eigenvalue weighted by molar-refractivity contribution is 7.99. The number of benzene rings is 1. The largest absolute Gasteiger partial charge is 0.491 e. The summed E-state index contributed by atoms with van der Waals surface area (Å²) in [7, 11) is 0. The molecule has 2 amide bonds. The van der Waals surface area contributed by atoms with Crippen molar-refractivity contribution in [3.63, 3.8) is 0 Å². The van der Waals surface area contributed by atoms with Gasteiger partial charge in [0.2, 0.25) is 0 Å². The summed E-state index contributed by atoms with van der Waals surface area (Å²) in [6, 6.07) is 9.60. The van der Waals surface area contributed by atoms with Crippen LogP contribution in [-0.4, -0.2) is 42.2 Å². The molecule has 1 fully saturated rings. The van der Waals surface area contributed by atoms with Crippen molar-refractivity contribution in [2.45, 2.75) is 59.4 Å². The summed E-state index contributed by atoms with van der Waals surface area (Å²) >= 11 is 1.99. The number of urea groups is 1. The van der Waals surface area contributed by atoms with Gasteiger partial charge in [-0.25, -0.2) is 4.79 Å². The highest BCUT2D eigenvalue weighted by Gasteiger charge is 2.28. The lowest BCUT2D eigenvalue weighted by atomic mass is 9.83. The third-order valence-corrected chi connectivity index (χ3v) is 6.95. The Morgan fingerprint density at radius 2 is 1.97 bits per heavy atom. The van der Waals surface area contributed by atoms with E-state index in [-0.39, 0.29) is 17.5 Å². The van der Waals surface area contributed by atoms with Crippen molar-refractivity contribution in [1.82, 2.24) is 10.3 Å². The van der Waals surface area contributed by atoms with Crippen molar-refractivity contribution in [1.29, 1.82) is 0 Å². The van der Waals surface area contributed by atoms with Crippen molar-refractivity contribution in [3.8, 4) is 5.75 Å². The van der Waals surface area contributed by atoms with Crippen molar-refractivity contribution in [2.75, 3.05) is 41.4 Å². The first-order valence-electron chi connectivity index (χ1n) is 12.5. The molecule has 1 aromatic carbocycles. The van der Waals surface area contributed by atoms with E-state index >= 15 is 0 Å². The molecule has 1 unspecified atom stereocenters. The Labute approximate surface area is 209 Å². The molecule has 2 N–H and O–H groups in total. The van der Waals surface area contributed by atoms with Gasteiger partial charge >= 0.3 is 6.03 Å². The second kappa shape index (κ2) is 12.9. The molecule has 6 nitrogen and oxygen atoms in total. The number of carbonyl (C=O) groups excluding carboxylic acids is 1. The minimum Gasteiger partial charge on any atom is -0.491 e. The van der Waals surface area contributed by atoms with Crippen LogP contribution >= 0.6 is 11.8 Å². The number of pyridine rings is 1. The van der Waals surface area contributed by atoms with Crippen LogP contribution in [0.25, 0.3) is 0 Å². The zero-order valence-corrected chi connectivity index (χ0v) is 21.9. The number of carbonyl (C=O) groups is 1. The third kappa shape index (κ3) is 7.83. The van der Waals surface area contributed by atoms with Crippen LogP contribution < -0.4 is 20.3 Å². The number of nitrogens with one attached hydrogen (secondary N) is 2. The Hall–Kier alpha value is -2.41. The van der Waals surface area contributed by atoms with Crippen molar-refractivity contribution in [2.24, 2.45) is 5.41 Å². The number of thioether (sulfide) groups is 1. The highest BCUT2D eigenvalue weighted by atomic mass is 32.2. The van der Waals surface area contributed by atoms with E-state index in [2.05, 4.69) is 60.3 Å². The van der Waals surface area contributed by atoms with Crippen molar-refractivity contribution >= 4 is 29.2 Å². The lowest BCUT2D eigenvalue weighted by Gasteiger charge is -2.32. The molecule has 0 bridgehead atoms. The summed E-state index contributed by atoms with van der Waals surface area (Å²) in [5, 5.41) is 6.20. The van der Waals surface area contributed by atoms with Crippen molar-refractivity contribution in [3.05, 3.63) is 48.3 Å². The van der Waals surface area contributed by atoms with Crippen LogP contribution in [-0.2, 0) is 0 Å². The minimum absolute atomic E-state index is 0.172. The highest BCUT2D eigenvalue weighted by Crippen LogP contribution is 2.34. The van der Waals surface area contributed by atoms with Crippen LogP contribution in [0.2, 0.25) is 0 Å². The van der Waals surface area contributed by atoms with Gasteiger partial charge in [0, 0.05) is 48.7 Å². The van der Waals surface area contributed by atoms with Crippen LogP contribution in [0, 0.1) is 5.41 Å². The lowest BCUT2D eigenvalue weighted by molar-refractivity contribution is 0.229. The number of rotatable bonds is 10. The number of aromatic nitrogens is 1. The Bertz CT molecular complexity index is 895. The number of anilines is 2. The van der Waals surface area contributed by atoms with E-state index in [0.29, 0.717) is 12.3 Å². The predicted molar refractivity (Wildman–Crippen MR) is 144 cm³/mol. The van der Waals surface area contributed by atoms with E-state index in [4.69, 9.17) is 4.74 Å². The van der Waals surface area contributed by atoms with Gasteiger partial charge in [-0.2, -0.15) is 11.8 Å². The topological polar surface area (TPSA) is 66.5 Å². The molecule has 0 radical (unpaired) electrons. The zero-order valence-electron chi connectivity index (χ0n) is 21.1. The van der Waals surface area contributed by atoms with Crippen LogP contribution in [0.3, 0.4) is 0 Å². The van der Waals surface area contributed by atoms with Crippen LogP contribution in [0.5, 0.6) is 5.75 Å². The molecule has 1 aromatic heterocycles. The first-order chi connectivity index (χ1) is 16.4. The van der Waals surface area contributed by atoms with E-state index < -0.39 is 0 Å². The summed E-state index contributed by atoms with van der Waals surface area (Å²) in [4.78, 5) is 19.7. The van der Waals surface area contributed by atoms with Crippen LogP contribution in [0.15, 0.2) is 42.7 Å². The molecular weight excluding hydrogens is 444 g/mol. The molecule has 186 valence electrons. The Morgan fingerprint density at radius 3 is 2.65 bits per heavy atom. The first kappa shape index (κ1) is 26.2. The molecule has 34 heavy (non-hydrogen) atoms. The molecule has 0 spiro atoms. The maximum absolute atomic E-state index is 13.1. The average Bonchev–Trinajstić information content (AvgIpc) is 2.83. The Morgan fingerprint density at radius 1 is 1.18 bits per heavy atom. The van der Waals surface area contributed by atoms with Gasteiger partial charge in [0.05, 0.1) is 18.3 Å².